The van der Waals surface area contributed by atoms with Crippen LogP contribution >= 0.6 is 23.4 Å². The zero-order chi connectivity index (χ0) is 24.2. The molecule has 0 bridgehead atoms. The molecule has 4 rings (SSSR count). The van der Waals surface area contributed by atoms with Gasteiger partial charge >= 0.3 is 6.03 Å². The Morgan fingerprint density at radius 3 is 2.79 bits per heavy atom. The normalized spacial score (nSPS) is 17.4. The lowest BCUT2D eigenvalue weighted by Gasteiger charge is -2.29. The van der Waals surface area contributed by atoms with Crippen molar-refractivity contribution in [1.29, 1.82) is 0 Å². The quantitative estimate of drug-likeness (QED) is 0.305. The maximum Gasteiger partial charge on any atom is 0.319 e. The molecule has 3 N–H and O–H groups in total. The third-order valence-corrected chi connectivity index (χ3v) is 7.29. The number of thioether (sulfide) groups is 1. The number of anilines is 1. The molecule has 2 aliphatic heterocycles. The Morgan fingerprint density at radius 1 is 1.21 bits per heavy atom. The molecule has 8 nitrogen and oxygen atoms in total. The number of carbonyl (C=O) groups excluding carboxylic acids is 4. The van der Waals surface area contributed by atoms with Gasteiger partial charge in [-0.05, 0) is 67.0 Å². The summed E-state index contributed by atoms with van der Waals surface area (Å²) in [6, 6.07) is 10.1. The number of hydrogen-bond acceptors (Lipinski definition) is 5. The van der Waals surface area contributed by atoms with Gasteiger partial charge in [0, 0.05) is 40.7 Å². The summed E-state index contributed by atoms with van der Waals surface area (Å²) in [5.41, 5.74) is 3.07. The molecule has 0 aliphatic carbocycles. The number of hydrogen-bond donors (Lipinski definition) is 3. The number of aryl methyl sites for hydroxylation is 1. The fourth-order valence-electron chi connectivity index (χ4n) is 3.95. The van der Waals surface area contributed by atoms with Gasteiger partial charge in [0.15, 0.2) is 0 Å². The zero-order valence-corrected chi connectivity index (χ0v) is 20.2. The van der Waals surface area contributed by atoms with Crippen molar-refractivity contribution in [1.82, 2.24) is 15.5 Å². The van der Waals surface area contributed by atoms with Crippen molar-refractivity contribution in [2.45, 2.75) is 43.7 Å². The number of rotatable bonds is 7. The molecule has 1 atom stereocenters. The number of amides is 5. The second kappa shape index (κ2) is 10.5. The third-order valence-electron chi connectivity index (χ3n) is 5.80. The molecule has 1 fully saturated rings. The number of fused-ring (bicyclic) bond motifs is 1. The minimum Gasteiger partial charge on any atom is -0.338 e. The largest absolute Gasteiger partial charge is 0.338 e. The molecule has 1 saturated heterocycles. The number of imide groups is 1. The van der Waals surface area contributed by atoms with Gasteiger partial charge in [0.2, 0.25) is 11.8 Å². The van der Waals surface area contributed by atoms with Crippen molar-refractivity contribution in [3.63, 3.8) is 0 Å². The maximum atomic E-state index is 12.8. The van der Waals surface area contributed by atoms with Gasteiger partial charge in [0.1, 0.15) is 6.04 Å². The average molecular weight is 501 g/mol. The van der Waals surface area contributed by atoms with E-state index in [9.17, 15) is 19.2 Å². The number of carbonyl (C=O) groups is 4. The number of nitrogens with one attached hydrogen (secondary N) is 3. The standard InChI is InChI=1S/C24H25ClN4O4S/c1-14-3-4-16(12-19(14)25)27-24(33)26-9-2-10-34-17-5-6-18-15(11-17)13-29(23(18)32)20-7-8-21(30)28-22(20)31/h3-6,11-12,20H,2,7-10,13H2,1H3,(H2,26,27,33)(H,28,30,31). The first-order valence-electron chi connectivity index (χ1n) is 11.0. The molecule has 10 heteroatoms. The second-order valence-corrected chi connectivity index (χ2v) is 9.84. The van der Waals surface area contributed by atoms with Gasteiger partial charge in [-0.3, -0.25) is 19.7 Å². The first-order chi connectivity index (χ1) is 16.3. The predicted octanol–water partition coefficient (Wildman–Crippen LogP) is 3.71. The Morgan fingerprint density at radius 2 is 2.03 bits per heavy atom. The molecule has 0 spiro atoms. The van der Waals surface area contributed by atoms with Crippen molar-refractivity contribution in [3.8, 4) is 0 Å². The van der Waals surface area contributed by atoms with E-state index in [4.69, 9.17) is 11.6 Å². The molecule has 0 radical (unpaired) electrons. The van der Waals surface area contributed by atoms with Crippen LogP contribution < -0.4 is 16.0 Å². The summed E-state index contributed by atoms with van der Waals surface area (Å²) < 4.78 is 0. The molecule has 2 aromatic carbocycles. The Balaban J connectivity index is 1.22. The van der Waals surface area contributed by atoms with E-state index in [1.807, 2.05) is 25.1 Å². The zero-order valence-electron chi connectivity index (χ0n) is 18.7. The van der Waals surface area contributed by atoms with Crippen LogP contribution in [0.1, 0.15) is 40.7 Å². The minimum absolute atomic E-state index is 0.175. The van der Waals surface area contributed by atoms with E-state index in [0.717, 1.165) is 28.2 Å². The summed E-state index contributed by atoms with van der Waals surface area (Å²) in [4.78, 5) is 50.9. The van der Waals surface area contributed by atoms with Gasteiger partial charge in [-0.1, -0.05) is 17.7 Å². The SMILES string of the molecule is Cc1ccc(NC(=O)NCCCSc2ccc3c(c2)CN(C2CCC(=O)NC2=O)C3=O)cc1Cl. The number of halogens is 1. The molecule has 2 aliphatic rings. The summed E-state index contributed by atoms with van der Waals surface area (Å²) in [5, 5.41) is 8.51. The molecule has 2 heterocycles. The van der Waals surface area contributed by atoms with Crippen LogP contribution in [-0.2, 0) is 16.1 Å². The maximum absolute atomic E-state index is 12.8. The summed E-state index contributed by atoms with van der Waals surface area (Å²) in [6.45, 7) is 2.78. The number of nitrogens with zero attached hydrogens (tertiary/aromatic N) is 1. The number of piperidine rings is 1. The van der Waals surface area contributed by atoms with Crippen molar-refractivity contribution in [2.24, 2.45) is 0 Å². The van der Waals surface area contributed by atoms with Crippen molar-refractivity contribution >= 4 is 52.8 Å². The molecular weight excluding hydrogens is 476 g/mol. The molecule has 1 unspecified atom stereocenters. The molecule has 0 saturated carbocycles. The van der Waals surface area contributed by atoms with Crippen molar-refractivity contribution in [2.75, 3.05) is 17.6 Å². The highest BCUT2D eigenvalue weighted by molar-refractivity contribution is 7.99. The summed E-state index contributed by atoms with van der Waals surface area (Å²) in [5.74, 6) is -0.0870. The first kappa shape index (κ1) is 24.1. The lowest BCUT2D eigenvalue weighted by Crippen LogP contribution is -2.52. The van der Waals surface area contributed by atoms with Gasteiger partial charge in [0.25, 0.3) is 5.91 Å². The van der Waals surface area contributed by atoms with Crippen LogP contribution in [0.15, 0.2) is 41.3 Å². The average Bonchev–Trinajstić information content (AvgIpc) is 3.11. The lowest BCUT2D eigenvalue weighted by molar-refractivity contribution is -0.136. The molecule has 34 heavy (non-hydrogen) atoms. The van der Waals surface area contributed by atoms with E-state index in [-0.39, 0.29) is 24.3 Å². The van der Waals surface area contributed by atoms with E-state index >= 15 is 0 Å². The predicted molar refractivity (Wildman–Crippen MR) is 131 cm³/mol. The lowest BCUT2D eigenvalue weighted by atomic mass is 10.0. The molecule has 0 aromatic heterocycles. The topological polar surface area (TPSA) is 108 Å². The van der Waals surface area contributed by atoms with E-state index < -0.39 is 11.9 Å². The van der Waals surface area contributed by atoms with Crippen LogP contribution in [0.5, 0.6) is 0 Å². The summed E-state index contributed by atoms with van der Waals surface area (Å²) in [6.07, 6.45) is 1.36. The van der Waals surface area contributed by atoms with Crippen LogP contribution in [0, 0.1) is 6.92 Å². The molecule has 5 amide bonds. The van der Waals surface area contributed by atoms with Crippen LogP contribution in [0.3, 0.4) is 0 Å². The monoisotopic (exact) mass is 500 g/mol. The van der Waals surface area contributed by atoms with Crippen LogP contribution in [0.4, 0.5) is 10.5 Å². The Bertz CT molecular complexity index is 1160. The van der Waals surface area contributed by atoms with Crippen molar-refractivity contribution < 1.29 is 19.2 Å². The van der Waals surface area contributed by atoms with Crippen LogP contribution in [-0.4, -0.2) is 47.0 Å². The van der Waals surface area contributed by atoms with Gasteiger partial charge < -0.3 is 15.5 Å². The van der Waals surface area contributed by atoms with Gasteiger partial charge in [0.05, 0.1) is 0 Å². The highest BCUT2D eigenvalue weighted by atomic mass is 35.5. The van der Waals surface area contributed by atoms with E-state index in [0.29, 0.717) is 35.8 Å². The Kier molecular flexibility index (Phi) is 7.43. The highest BCUT2D eigenvalue weighted by Crippen LogP contribution is 2.31. The van der Waals surface area contributed by atoms with Crippen LogP contribution in [0.25, 0.3) is 0 Å². The Labute approximate surface area is 206 Å². The smallest absolute Gasteiger partial charge is 0.319 e. The number of urea groups is 1. The van der Waals surface area contributed by atoms with Gasteiger partial charge in [-0.15, -0.1) is 11.8 Å². The summed E-state index contributed by atoms with van der Waals surface area (Å²) in [7, 11) is 0. The number of benzene rings is 2. The van der Waals surface area contributed by atoms with Crippen molar-refractivity contribution in [3.05, 3.63) is 58.1 Å². The van der Waals surface area contributed by atoms with Gasteiger partial charge in [-0.2, -0.15) is 0 Å². The molecule has 178 valence electrons. The molecule has 2 aromatic rings. The molecular formula is C24H25ClN4O4S. The van der Waals surface area contributed by atoms with Crippen LogP contribution in [0.2, 0.25) is 5.02 Å². The second-order valence-electron chi connectivity index (χ2n) is 8.27. The van der Waals surface area contributed by atoms with E-state index in [1.54, 1.807) is 34.9 Å². The minimum atomic E-state index is -0.609. The van der Waals surface area contributed by atoms with E-state index in [2.05, 4.69) is 16.0 Å². The first-order valence-corrected chi connectivity index (χ1v) is 12.4. The fraction of sp³-hybridized carbons (Fsp3) is 0.333. The highest BCUT2D eigenvalue weighted by Gasteiger charge is 2.39. The van der Waals surface area contributed by atoms with Gasteiger partial charge in [-0.25, -0.2) is 4.79 Å². The summed E-state index contributed by atoms with van der Waals surface area (Å²) >= 11 is 7.72. The van der Waals surface area contributed by atoms with E-state index in [1.165, 1.54) is 0 Å². The Hall–Kier alpha value is -3.04. The fourth-order valence-corrected chi connectivity index (χ4v) is 5.05. The third kappa shape index (κ3) is 5.53.